The number of carbonyl (C=O) groups excluding carboxylic acids is 1. The van der Waals surface area contributed by atoms with Crippen molar-refractivity contribution < 1.29 is 22.7 Å². The third kappa shape index (κ3) is 6.96. The van der Waals surface area contributed by atoms with Crippen LogP contribution in [0.15, 0.2) is 48.5 Å². The Balaban J connectivity index is 1.53. The van der Waals surface area contributed by atoms with Gasteiger partial charge in [0.05, 0.1) is 29.3 Å². The van der Waals surface area contributed by atoms with Gasteiger partial charge in [-0.1, -0.05) is 50.8 Å². The maximum atomic E-state index is 13.2. The quantitative estimate of drug-likeness (QED) is 0.228. The van der Waals surface area contributed by atoms with E-state index in [0.717, 1.165) is 44.2 Å². The average molecular weight is 540 g/mol. The Morgan fingerprint density at radius 1 is 0.974 bits per heavy atom. The summed E-state index contributed by atoms with van der Waals surface area (Å²) in [5, 5.41) is 9.96. The summed E-state index contributed by atoms with van der Waals surface area (Å²) in [4.78, 5) is 26.2. The number of ether oxygens (including phenoxy) is 1. The fourth-order valence-electron chi connectivity index (χ4n) is 4.67. The molecule has 1 atom stereocenters. The molecule has 2 heterocycles. The summed E-state index contributed by atoms with van der Waals surface area (Å²) >= 11 is 0. The van der Waals surface area contributed by atoms with E-state index < -0.39 is 23.6 Å². The number of fused-ring (bicyclic) bond motifs is 1. The van der Waals surface area contributed by atoms with Crippen molar-refractivity contribution in [2.45, 2.75) is 51.1 Å². The number of aromatic nitrogens is 2. The van der Waals surface area contributed by atoms with Gasteiger partial charge in [-0.3, -0.25) is 4.79 Å². The topological polar surface area (TPSA) is 82.3 Å². The molecule has 3 aromatic rings. The van der Waals surface area contributed by atoms with Gasteiger partial charge in [0, 0.05) is 31.9 Å². The van der Waals surface area contributed by atoms with Gasteiger partial charge in [0.25, 0.3) is 0 Å². The first-order valence-corrected chi connectivity index (χ1v) is 13.3. The van der Waals surface area contributed by atoms with E-state index in [0.29, 0.717) is 48.7 Å². The van der Waals surface area contributed by atoms with Crippen LogP contribution >= 0.6 is 0 Å². The lowest BCUT2D eigenvalue weighted by Crippen LogP contribution is -2.47. The summed E-state index contributed by atoms with van der Waals surface area (Å²) < 4.78 is 45.1. The van der Waals surface area contributed by atoms with Crippen molar-refractivity contribution in [1.82, 2.24) is 9.97 Å². The second-order valence-electron chi connectivity index (χ2n) is 9.59. The van der Waals surface area contributed by atoms with Crippen molar-refractivity contribution in [2.75, 3.05) is 42.6 Å². The number of hydrogen-bond acceptors (Lipinski definition) is 7. The van der Waals surface area contributed by atoms with Crippen LogP contribution < -0.4 is 9.80 Å². The van der Waals surface area contributed by atoms with Crippen LogP contribution in [-0.2, 0) is 15.7 Å². The number of carbonyl (C=O) groups is 1. The highest BCUT2D eigenvalue weighted by Gasteiger charge is 2.33. The number of benzene rings is 2. The van der Waals surface area contributed by atoms with E-state index in [2.05, 4.69) is 18.0 Å². The molecular weight excluding hydrogens is 507 g/mol. The Morgan fingerprint density at radius 3 is 2.31 bits per heavy atom. The molecule has 4 rings (SSSR count). The SMILES string of the molecule is CCCCCCCOC(=O)[C@H](C#N)c1nc2ccccc2nc1N1CCN(c2cccc(C(F)(F)F)c2)CC1. The van der Waals surface area contributed by atoms with Crippen molar-refractivity contribution >= 4 is 28.5 Å². The normalized spacial score (nSPS) is 14.7. The second kappa shape index (κ2) is 12.8. The Hall–Kier alpha value is -3.87. The number of para-hydroxylation sites is 2. The fraction of sp³-hybridized carbons (Fsp3) is 0.448. The Morgan fingerprint density at radius 2 is 1.64 bits per heavy atom. The number of rotatable bonds is 10. The summed E-state index contributed by atoms with van der Waals surface area (Å²) in [6, 6.07) is 14.6. The van der Waals surface area contributed by atoms with E-state index in [-0.39, 0.29) is 12.3 Å². The van der Waals surface area contributed by atoms with E-state index in [1.807, 2.05) is 28.0 Å². The smallest absolute Gasteiger partial charge is 0.416 e. The number of halogens is 3. The van der Waals surface area contributed by atoms with Crippen LogP contribution in [0.25, 0.3) is 11.0 Å². The van der Waals surface area contributed by atoms with E-state index >= 15 is 0 Å². The van der Waals surface area contributed by atoms with Gasteiger partial charge in [0.2, 0.25) is 0 Å². The molecular formula is C29H32F3N5O2. The van der Waals surface area contributed by atoms with Crippen LogP contribution in [0.1, 0.15) is 56.2 Å². The molecule has 1 aromatic heterocycles. The molecule has 1 saturated heterocycles. The Labute approximate surface area is 226 Å². The molecule has 7 nitrogen and oxygen atoms in total. The molecule has 1 aliphatic heterocycles. The minimum absolute atomic E-state index is 0.236. The lowest BCUT2D eigenvalue weighted by Gasteiger charge is -2.37. The van der Waals surface area contributed by atoms with Crippen molar-refractivity contribution in [3.05, 3.63) is 59.8 Å². The number of esters is 1. The highest BCUT2D eigenvalue weighted by molar-refractivity contribution is 5.85. The van der Waals surface area contributed by atoms with Crippen molar-refractivity contribution in [3.63, 3.8) is 0 Å². The second-order valence-corrected chi connectivity index (χ2v) is 9.59. The molecule has 0 saturated carbocycles. The predicted octanol–water partition coefficient (Wildman–Crippen LogP) is 6.10. The zero-order valence-corrected chi connectivity index (χ0v) is 22.0. The number of unbranched alkanes of at least 4 members (excludes halogenated alkanes) is 4. The van der Waals surface area contributed by atoms with Gasteiger partial charge in [-0.25, -0.2) is 9.97 Å². The van der Waals surface area contributed by atoms with Crippen LogP contribution in [-0.4, -0.2) is 48.7 Å². The monoisotopic (exact) mass is 539 g/mol. The first kappa shape index (κ1) is 28.1. The van der Waals surface area contributed by atoms with Gasteiger partial charge in [0.15, 0.2) is 11.7 Å². The standard InChI is InChI=1S/C29H32F3N5O2/c1-2-3-4-5-8-18-39-28(38)23(20-33)26-27(35-25-13-7-6-12-24(25)34-26)37-16-14-36(15-17-37)22-11-9-10-21(19-22)29(30,31)32/h6-7,9-13,19,23H,2-5,8,14-18H2,1H3/t23-/m1/s1. The van der Waals surface area contributed by atoms with Crippen LogP contribution in [0, 0.1) is 11.3 Å². The molecule has 0 N–H and O–H groups in total. The van der Waals surface area contributed by atoms with Gasteiger partial charge in [-0.15, -0.1) is 0 Å². The first-order chi connectivity index (χ1) is 18.8. The molecule has 1 fully saturated rings. The zero-order chi connectivity index (χ0) is 27.8. The molecule has 0 bridgehead atoms. The summed E-state index contributed by atoms with van der Waals surface area (Å²) in [7, 11) is 0. The minimum Gasteiger partial charge on any atom is -0.464 e. The maximum absolute atomic E-state index is 13.2. The molecule has 10 heteroatoms. The molecule has 1 aliphatic rings. The number of nitrogens with zero attached hydrogens (tertiary/aromatic N) is 5. The van der Waals surface area contributed by atoms with Crippen LogP contribution in [0.2, 0.25) is 0 Å². The van der Waals surface area contributed by atoms with Crippen molar-refractivity contribution in [2.24, 2.45) is 0 Å². The summed E-state index contributed by atoms with van der Waals surface area (Å²) in [6.07, 6.45) is 0.596. The number of hydrogen-bond donors (Lipinski definition) is 0. The van der Waals surface area contributed by atoms with Crippen molar-refractivity contribution in [3.8, 4) is 6.07 Å². The lowest BCUT2D eigenvalue weighted by atomic mass is 10.1. The summed E-state index contributed by atoms with van der Waals surface area (Å²) in [5.41, 5.74) is 1.22. The van der Waals surface area contributed by atoms with E-state index in [4.69, 9.17) is 9.72 Å². The van der Waals surface area contributed by atoms with Crippen molar-refractivity contribution in [1.29, 1.82) is 5.26 Å². The molecule has 39 heavy (non-hydrogen) atoms. The Bertz CT molecular complexity index is 1320. The van der Waals surface area contributed by atoms with E-state index in [9.17, 15) is 23.2 Å². The van der Waals surface area contributed by atoms with Crippen LogP contribution in [0.4, 0.5) is 24.7 Å². The summed E-state index contributed by atoms with van der Waals surface area (Å²) in [5.74, 6) is -1.47. The molecule has 0 unspecified atom stereocenters. The van der Waals surface area contributed by atoms with Gasteiger partial charge in [-0.2, -0.15) is 18.4 Å². The van der Waals surface area contributed by atoms with Gasteiger partial charge >= 0.3 is 12.1 Å². The third-order valence-electron chi connectivity index (χ3n) is 6.83. The molecule has 0 radical (unpaired) electrons. The molecule has 0 amide bonds. The van der Waals surface area contributed by atoms with E-state index in [1.165, 1.54) is 6.07 Å². The molecule has 0 spiro atoms. The number of anilines is 2. The average Bonchev–Trinajstić information content (AvgIpc) is 2.94. The van der Waals surface area contributed by atoms with Crippen LogP contribution in [0.5, 0.6) is 0 Å². The number of alkyl halides is 3. The van der Waals surface area contributed by atoms with Crippen LogP contribution in [0.3, 0.4) is 0 Å². The molecule has 206 valence electrons. The zero-order valence-electron chi connectivity index (χ0n) is 22.0. The predicted molar refractivity (Wildman–Crippen MR) is 143 cm³/mol. The molecule has 2 aromatic carbocycles. The largest absolute Gasteiger partial charge is 0.464 e. The Kier molecular flexibility index (Phi) is 9.23. The third-order valence-corrected chi connectivity index (χ3v) is 6.83. The highest BCUT2D eigenvalue weighted by Crippen LogP contribution is 2.33. The van der Waals surface area contributed by atoms with E-state index in [1.54, 1.807) is 12.1 Å². The molecule has 0 aliphatic carbocycles. The first-order valence-electron chi connectivity index (χ1n) is 13.3. The minimum atomic E-state index is -4.41. The van der Waals surface area contributed by atoms with Gasteiger partial charge < -0.3 is 14.5 Å². The van der Waals surface area contributed by atoms with Gasteiger partial charge in [0.1, 0.15) is 5.69 Å². The summed E-state index contributed by atoms with van der Waals surface area (Å²) in [6.45, 7) is 4.11. The highest BCUT2D eigenvalue weighted by atomic mass is 19.4. The fourth-order valence-corrected chi connectivity index (χ4v) is 4.67. The maximum Gasteiger partial charge on any atom is 0.416 e. The number of piperazine rings is 1. The lowest BCUT2D eigenvalue weighted by molar-refractivity contribution is -0.144. The van der Waals surface area contributed by atoms with Gasteiger partial charge in [-0.05, 0) is 36.8 Å². The number of nitriles is 1.